The molecule has 1 aromatic rings. The Balaban J connectivity index is 2.05. The Labute approximate surface area is 109 Å². The average molecular weight is 253 g/mol. The van der Waals surface area contributed by atoms with E-state index < -0.39 is 0 Å². The number of hydrogen-bond donors (Lipinski definition) is 1. The van der Waals surface area contributed by atoms with Crippen molar-refractivity contribution in [3.63, 3.8) is 0 Å². The van der Waals surface area contributed by atoms with Crippen LogP contribution in [0, 0.1) is 0 Å². The van der Waals surface area contributed by atoms with E-state index in [1.54, 1.807) is 0 Å². The van der Waals surface area contributed by atoms with Crippen LogP contribution < -0.4 is 5.73 Å². The lowest BCUT2D eigenvalue weighted by Crippen LogP contribution is -2.49. The maximum absolute atomic E-state index is 5.98. The van der Waals surface area contributed by atoms with E-state index in [0.717, 1.165) is 18.1 Å². The summed E-state index contributed by atoms with van der Waals surface area (Å²) in [6.07, 6.45) is 5.07. The monoisotopic (exact) mass is 252 g/mol. The fraction of sp³-hybridized carbons (Fsp3) is 0.571. The van der Waals surface area contributed by atoms with Gasteiger partial charge in [0.1, 0.15) is 0 Å². The van der Waals surface area contributed by atoms with Crippen molar-refractivity contribution in [2.45, 2.75) is 37.8 Å². The van der Waals surface area contributed by atoms with E-state index in [1.807, 2.05) is 12.1 Å². The number of hydrogen-bond acceptors (Lipinski definition) is 2. The fourth-order valence-corrected chi connectivity index (χ4v) is 2.93. The van der Waals surface area contributed by atoms with Crippen molar-refractivity contribution in [3.05, 3.63) is 34.9 Å². The summed E-state index contributed by atoms with van der Waals surface area (Å²) in [5, 5.41) is 0.797. The third kappa shape index (κ3) is 2.82. The molecule has 0 radical (unpaired) electrons. The van der Waals surface area contributed by atoms with E-state index in [0.29, 0.717) is 0 Å². The van der Waals surface area contributed by atoms with E-state index in [9.17, 15) is 0 Å². The van der Waals surface area contributed by atoms with Gasteiger partial charge in [0.15, 0.2) is 0 Å². The lowest BCUT2D eigenvalue weighted by atomic mass is 9.95. The summed E-state index contributed by atoms with van der Waals surface area (Å²) in [6.45, 7) is 1.71. The number of nitrogens with two attached hydrogens (primary N) is 1. The molecule has 3 heteroatoms. The Morgan fingerprint density at radius 1 is 1.24 bits per heavy atom. The van der Waals surface area contributed by atoms with Gasteiger partial charge >= 0.3 is 0 Å². The van der Waals surface area contributed by atoms with Crippen LogP contribution in [0.15, 0.2) is 24.3 Å². The van der Waals surface area contributed by atoms with Crippen LogP contribution in [0.25, 0.3) is 0 Å². The summed E-state index contributed by atoms with van der Waals surface area (Å²) in [6, 6.07) is 8.10. The van der Waals surface area contributed by atoms with Crippen LogP contribution in [0.3, 0.4) is 0 Å². The lowest BCUT2D eigenvalue weighted by Gasteiger charge is -2.38. The third-order valence-electron chi connectivity index (χ3n) is 4.06. The predicted octanol–water partition coefficient (Wildman–Crippen LogP) is 3.04. The van der Waals surface area contributed by atoms with E-state index >= 15 is 0 Å². The molecule has 0 saturated heterocycles. The summed E-state index contributed by atoms with van der Waals surface area (Å²) in [5.74, 6) is 0. The van der Waals surface area contributed by atoms with Crippen LogP contribution in [0.4, 0.5) is 0 Å². The molecular weight excluding hydrogens is 232 g/mol. The van der Waals surface area contributed by atoms with Crippen molar-refractivity contribution in [2.24, 2.45) is 5.73 Å². The molecule has 0 atom stereocenters. The molecular formula is C14H21ClN2. The Morgan fingerprint density at radius 3 is 2.35 bits per heavy atom. The second kappa shape index (κ2) is 5.38. The van der Waals surface area contributed by atoms with Gasteiger partial charge in [-0.15, -0.1) is 0 Å². The van der Waals surface area contributed by atoms with E-state index in [1.165, 1.54) is 31.2 Å². The molecule has 94 valence electrons. The molecule has 1 aliphatic carbocycles. The number of rotatable bonds is 4. The molecule has 1 saturated carbocycles. The van der Waals surface area contributed by atoms with Gasteiger partial charge in [-0.25, -0.2) is 0 Å². The maximum atomic E-state index is 5.98. The highest BCUT2D eigenvalue weighted by atomic mass is 35.5. The molecule has 0 aromatic heterocycles. The second-order valence-corrected chi connectivity index (χ2v) is 5.55. The van der Waals surface area contributed by atoms with Crippen molar-refractivity contribution in [1.82, 2.24) is 4.90 Å². The largest absolute Gasteiger partial charge is 0.329 e. The first kappa shape index (κ1) is 12.9. The second-order valence-electron chi connectivity index (χ2n) is 5.12. The van der Waals surface area contributed by atoms with E-state index in [-0.39, 0.29) is 5.54 Å². The minimum atomic E-state index is 0.222. The highest BCUT2D eigenvalue weighted by Crippen LogP contribution is 2.34. The number of nitrogens with zero attached hydrogens (tertiary/aromatic N) is 1. The average Bonchev–Trinajstić information content (AvgIpc) is 2.82. The van der Waals surface area contributed by atoms with E-state index in [4.69, 9.17) is 17.3 Å². The van der Waals surface area contributed by atoms with Gasteiger partial charge in [0.25, 0.3) is 0 Å². The molecule has 0 spiro atoms. The Hall–Kier alpha value is -0.570. The zero-order valence-electron chi connectivity index (χ0n) is 10.5. The number of likely N-dealkylation sites (N-methyl/N-ethyl adjacent to an activating group) is 1. The minimum Gasteiger partial charge on any atom is -0.329 e. The van der Waals surface area contributed by atoms with Crippen molar-refractivity contribution in [1.29, 1.82) is 0 Å². The summed E-state index contributed by atoms with van der Waals surface area (Å²) in [5.41, 5.74) is 7.51. The normalized spacial score (nSPS) is 18.8. The van der Waals surface area contributed by atoms with Crippen LogP contribution in [0.2, 0.25) is 5.02 Å². The number of benzene rings is 1. The first-order valence-corrected chi connectivity index (χ1v) is 6.70. The zero-order chi connectivity index (χ0) is 12.3. The summed E-state index contributed by atoms with van der Waals surface area (Å²) in [4.78, 5) is 2.42. The zero-order valence-corrected chi connectivity index (χ0v) is 11.2. The molecule has 1 fully saturated rings. The van der Waals surface area contributed by atoms with Crippen LogP contribution in [0.5, 0.6) is 0 Å². The lowest BCUT2D eigenvalue weighted by molar-refractivity contribution is 0.124. The van der Waals surface area contributed by atoms with Gasteiger partial charge in [-0.05, 0) is 37.6 Å². The third-order valence-corrected chi connectivity index (χ3v) is 4.31. The van der Waals surface area contributed by atoms with Gasteiger partial charge in [-0.1, -0.05) is 36.6 Å². The Morgan fingerprint density at radius 2 is 1.82 bits per heavy atom. The van der Waals surface area contributed by atoms with Crippen LogP contribution in [-0.2, 0) is 6.54 Å². The van der Waals surface area contributed by atoms with Crippen molar-refractivity contribution in [2.75, 3.05) is 13.6 Å². The molecule has 1 aromatic carbocycles. The quantitative estimate of drug-likeness (QED) is 0.893. The molecule has 0 heterocycles. The van der Waals surface area contributed by atoms with Gasteiger partial charge in [0, 0.05) is 23.7 Å². The van der Waals surface area contributed by atoms with Crippen LogP contribution in [-0.4, -0.2) is 24.0 Å². The van der Waals surface area contributed by atoms with Crippen molar-refractivity contribution < 1.29 is 0 Å². The Bertz CT molecular complexity index is 355. The molecule has 2 nitrogen and oxygen atoms in total. The standard InChI is InChI=1S/C14H21ClN2/c1-17(14(11-16)8-2-3-9-14)10-12-4-6-13(15)7-5-12/h4-7H,2-3,8-11,16H2,1H3. The summed E-state index contributed by atoms with van der Waals surface area (Å²) >= 11 is 5.90. The molecule has 2 rings (SSSR count). The van der Waals surface area contributed by atoms with Gasteiger partial charge in [0.05, 0.1) is 0 Å². The smallest absolute Gasteiger partial charge is 0.0406 e. The molecule has 0 aliphatic heterocycles. The minimum absolute atomic E-state index is 0.222. The summed E-state index contributed by atoms with van der Waals surface area (Å²) < 4.78 is 0. The molecule has 17 heavy (non-hydrogen) atoms. The molecule has 0 amide bonds. The SMILES string of the molecule is CN(Cc1ccc(Cl)cc1)C1(CN)CCCC1. The summed E-state index contributed by atoms with van der Waals surface area (Å²) in [7, 11) is 2.19. The first-order chi connectivity index (χ1) is 8.16. The molecule has 0 unspecified atom stereocenters. The first-order valence-electron chi connectivity index (χ1n) is 6.32. The van der Waals surface area contributed by atoms with Crippen molar-refractivity contribution >= 4 is 11.6 Å². The maximum Gasteiger partial charge on any atom is 0.0406 e. The van der Waals surface area contributed by atoms with E-state index in [2.05, 4.69) is 24.1 Å². The van der Waals surface area contributed by atoms with Gasteiger partial charge < -0.3 is 5.73 Å². The molecule has 0 bridgehead atoms. The van der Waals surface area contributed by atoms with Gasteiger partial charge in [-0.2, -0.15) is 0 Å². The molecule has 2 N–H and O–H groups in total. The van der Waals surface area contributed by atoms with Crippen molar-refractivity contribution in [3.8, 4) is 0 Å². The highest BCUT2D eigenvalue weighted by Gasteiger charge is 2.36. The highest BCUT2D eigenvalue weighted by molar-refractivity contribution is 6.30. The molecule has 1 aliphatic rings. The van der Waals surface area contributed by atoms with Gasteiger partial charge in [0.2, 0.25) is 0 Å². The fourth-order valence-electron chi connectivity index (χ4n) is 2.81. The Kier molecular flexibility index (Phi) is 4.08. The topological polar surface area (TPSA) is 29.3 Å². The van der Waals surface area contributed by atoms with Crippen LogP contribution in [0.1, 0.15) is 31.2 Å². The number of halogens is 1. The predicted molar refractivity (Wildman–Crippen MR) is 73.2 cm³/mol. The van der Waals surface area contributed by atoms with Gasteiger partial charge in [-0.3, -0.25) is 4.90 Å². The van der Waals surface area contributed by atoms with Crippen LogP contribution >= 0.6 is 11.6 Å².